The van der Waals surface area contributed by atoms with Crippen LogP contribution < -0.4 is 40.6 Å². The van der Waals surface area contributed by atoms with Crippen molar-refractivity contribution in [2.75, 3.05) is 23.7 Å². The number of benzene rings is 4. The number of carbonyl (C=O) groups excluding carboxylic acids is 5. The maximum atomic E-state index is 14.5. The van der Waals surface area contributed by atoms with Gasteiger partial charge in [0.2, 0.25) is 43.7 Å². The van der Waals surface area contributed by atoms with E-state index in [4.69, 9.17) is 14.6 Å². The fourth-order valence-corrected chi connectivity index (χ4v) is 17.3. The molecule has 4 aliphatic carbocycles. The van der Waals surface area contributed by atoms with Gasteiger partial charge in [0.25, 0.3) is 16.3 Å². The van der Waals surface area contributed by atoms with Crippen LogP contribution in [-0.4, -0.2) is 147 Å². The number of anilines is 2. The first kappa shape index (κ1) is 76.3. The van der Waals surface area contributed by atoms with Gasteiger partial charge in [0.05, 0.1) is 54.1 Å². The number of nitrogens with zero attached hydrogens (tertiary/aromatic N) is 4. The van der Waals surface area contributed by atoms with Crippen molar-refractivity contribution >= 4 is 110 Å². The van der Waals surface area contributed by atoms with Crippen molar-refractivity contribution in [1.82, 2.24) is 35.1 Å². The summed E-state index contributed by atoms with van der Waals surface area (Å²) in [6.45, 7) is 3.30. The number of halogens is 6. The van der Waals surface area contributed by atoms with Crippen LogP contribution in [0.2, 0.25) is 0 Å². The number of aromatic nitrogens is 2. The first-order valence-electron chi connectivity index (χ1n) is 35.0. The number of sulfonamides is 2. The third-order valence-electron chi connectivity index (χ3n) is 20.9. The van der Waals surface area contributed by atoms with Crippen LogP contribution in [0.3, 0.4) is 0 Å². The SMILES string of the molecule is CC1(S(=O)(=O)NC(=O)[C@@]23C[C@H]2/C=C\CCCCC[C@H](Nc2ccc(C(F)(F)F)cc2)C(=O)N2C[C@H](Oc4nc5ccccc5s4)C[C@H]2C(=O)N3)CC1.CC1(S(N)(=O)=O)CC1.O=C1N[C@]2(C(=O)O)C[C@H]2/C=C\CCCCC[C@H](Nc2ccc(C(F)(F)F)cc2)C(=O)N2C[C@H](Oc3nc4ccccc4s3)C[C@@H]12. The number of hydrogen-bond acceptors (Lipinski definition) is 18. The molecule has 4 aromatic carbocycles. The number of allylic oxidation sites excluding steroid dienone is 2. The van der Waals surface area contributed by atoms with E-state index < -0.39 is 142 Å². The van der Waals surface area contributed by atoms with Gasteiger partial charge >= 0.3 is 18.3 Å². The highest BCUT2D eigenvalue weighted by Crippen LogP contribution is 2.49. The minimum atomic E-state index is -4.52. The van der Waals surface area contributed by atoms with Crippen molar-refractivity contribution in [2.45, 2.75) is 199 Å². The van der Waals surface area contributed by atoms with Crippen molar-refractivity contribution in [3.63, 3.8) is 0 Å². The van der Waals surface area contributed by atoms with Gasteiger partial charge in [-0.1, -0.05) is 96.9 Å². The normalized spacial score (nSPS) is 28.1. The number of para-hydroxylation sites is 2. The largest absolute Gasteiger partial charge is 0.479 e. The number of aliphatic carboxylic acids is 1. The lowest BCUT2D eigenvalue weighted by Gasteiger charge is -2.30. The number of carbonyl (C=O) groups is 6. The quantitative estimate of drug-likeness (QED) is 0.0417. The second-order valence-electron chi connectivity index (χ2n) is 28.8. The molecule has 105 heavy (non-hydrogen) atoms. The number of carboxylic acids is 1. The lowest BCUT2D eigenvalue weighted by Crippen LogP contribution is -2.58. The molecular formula is C72H82F6N10O13S4. The lowest BCUT2D eigenvalue weighted by molar-refractivity contribution is -0.145. The molecule has 0 spiro atoms. The summed E-state index contributed by atoms with van der Waals surface area (Å²) in [7, 11) is -7.22. The molecule has 0 unspecified atom stereocenters. The summed E-state index contributed by atoms with van der Waals surface area (Å²) < 4.78 is 141. The minimum absolute atomic E-state index is 0.00724. The van der Waals surface area contributed by atoms with Crippen LogP contribution in [0.25, 0.3) is 20.4 Å². The van der Waals surface area contributed by atoms with E-state index in [9.17, 15) is 77.1 Å². The predicted molar refractivity (Wildman–Crippen MR) is 382 cm³/mol. The van der Waals surface area contributed by atoms with E-state index in [2.05, 4.69) is 36.0 Å². The van der Waals surface area contributed by atoms with E-state index in [1.54, 1.807) is 13.8 Å². The Bertz CT molecular complexity index is 4490. The highest BCUT2D eigenvalue weighted by molar-refractivity contribution is 7.91. The third kappa shape index (κ3) is 17.5. The number of ether oxygens (including phenoxy) is 2. The molecule has 6 fully saturated rings. The Morgan fingerprint density at radius 3 is 1.39 bits per heavy atom. The van der Waals surface area contributed by atoms with Gasteiger partial charge in [-0.2, -0.15) is 26.3 Å². The molecule has 0 bridgehead atoms. The van der Waals surface area contributed by atoms with Crippen LogP contribution in [-0.2, 0) is 61.2 Å². The highest BCUT2D eigenvalue weighted by Gasteiger charge is 2.64. The number of primary sulfonamides is 1. The van der Waals surface area contributed by atoms with Gasteiger partial charge in [-0.15, -0.1) is 0 Å². The molecule has 4 aliphatic heterocycles. The van der Waals surface area contributed by atoms with Crippen LogP contribution in [0.1, 0.15) is 141 Å². The number of carboxylic acid groups (broad SMARTS) is 1. The molecular weight excluding hydrogens is 1460 g/mol. The molecule has 14 rings (SSSR count). The molecule has 0 radical (unpaired) electrons. The smallest absolute Gasteiger partial charge is 0.416 e. The zero-order chi connectivity index (χ0) is 75.1. The molecule has 6 aromatic rings. The average molecular weight is 1540 g/mol. The molecule has 2 saturated heterocycles. The van der Waals surface area contributed by atoms with Gasteiger partial charge in [-0.3, -0.25) is 28.7 Å². The van der Waals surface area contributed by atoms with Gasteiger partial charge in [0.1, 0.15) is 47.5 Å². The minimum Gasteiger partial charge on any atom is -0.479 e. The maximum Gasteiger partial charge on any atom is 0.416 e. The fraction of sp³-hybridized carbons (Fsp3) is 0.500. The predicted octanol–water partition coefficient (Wildman–Crippen LogP) is 11.0. The van der Waals surface area contributed by atoms with E-state index in [0.717, 1.165) is 89.6 Å². The Hall–Kier alpha value is -8.40. The van der Waals surface area contributed by atoms with Crippen molar-refractivity contribution in [2.24, 2.45) is 17.0 Å². The summed E-state index contributed by atoms with van der Waals surface area (Å²) in [5, 5.41) is 27.5. The molecule has 10 atom stereocenters. The number of amides is 5. The Balaban J connectivity index is 0.000000179. The van der Waals surface area contributed by atoms with Gasteiger partial charge in [0.15, 0.2) is 0 Å². The van der Waals surface area contributed by atoms with Crippen LogP contribution in [0.5, 0.6) is 10.4 Å². The third-order valence-corrected chi connectivity index (χ3v) is 26.7. The average Bonchev–Trinajstić information content (AvgIpc) is 1.54. The Labute approximate surface area is 610 Å². The molecule has 8 aliphatic rings. The fourth-order valence-electron chi connectivity index (χ4n) is 13.6. The summed E-state index contributed by atoms with van der Waals surface area (Å²) >= 11 is 2.67. The van der Waals surface area contributed by atoms with Crippen molar-refractivity contribution in [3.8, 4) is 10.4 Å². The number of fused-ring (bicyclic) bond motifs is 6. The molecule has 23 nitrogen and oxygen atoms in total. The van der Waals surface area contributed by atoms with Crippen molar-refractivity contribution < 1.29 is 86.5 Å². The lowest BCUT2D eigenvalue weighted by atomic mass is 10.0. The van der Waals surface area contributed by atoms with E-state index in [1.165, 1.54) is 56.7 Å². The molecule has 4 saturated carbocycles. The number of nitrogens with one attached hydrogen (secondary N) is 5. The second kappa shape index (κ2) is 30.1. The number of hydrogen-bond donors (Lipinski definition) is 7. The van der Waals surface area contributed by atoms with Crippen LogP contribution >= 0.6 is 22.7 Å². The van der Waals surface area contributed by atoms with Gasteiger partial charge in [-0.05, 0) is 164 Å². The van der Waals surface area contributed by atoms with Gasteiger partial charge < -0.3 is 45.6 Å². The topological polar surface area (TPSA) is 328 Å². The summed E-state index contributed by atoms with van der Waals surface area (Å²) in [5.74, 6) is -4.80. The van der Waals surface area contributed by atoms with Crippen LogP contribution in [0, 0.1) is 11.8 Å². The van der Waals surface area contributed by atoms with Gasteiger partial charge in [-0.25, -0.2) is 36.7 Å². The van der Waals surface area contributed by atoms with Crippen LogP contribution in [0.4, 0.5) is 37.7 Å². The number of nitrogens with two attached hydrogens (primary N) is 1. The summed E-state index contributed by atoms with van der Waals surface area (Å²) in [4.78, 5) is 94.6. The zero-order valence-electron chi connectivity index (χ0n) is 57.4. The maximum absolute atomic E-state index is 14.5. The standard InChI is InChI=1S/C36H40F3N5O6S2.C32H33F3N4O5S.C4H9NO2S/c1-34(17-18-34)52(48,49)43-32(47)35-20-23(35)9-5-3-2-4-6-11-27(40-24-15-13-22(14-16-24)36(37,38)39)31(46)44-21-25(19-28(44)30(45)42-35)50-33-41-26-10-7-8-12-29(26)51-33;33-32(34,35)19-12-14-21(15-13-19)36-24-10-5-3-1-2-4-8-20-17-31(20,29(42)43)38-27(40)25-16-22(18-39(25)28(24)41)44-30-37-23-9-6-7-11-26(23)45-30;1-4(2-3-4)8(5,6)7/h5,7-10,12-16,23,25,27-28,40H,2-4,6,11,17-21H2,1H3,(H,42,45)(H,43,47);4,6-9,11-15,20,22,24-25,36H,1-3,5,10,16-18H2,(H,38,40)(H,42,43);2-3H2,1H3,(H2,5,6,7)/b9-5-;8-4-;/t23-,25-,27+,28+,35-;20-,22-,24+,25+,31-;/m11./s1. The van der Waals surface area contributed by atoms with Crippen molar-refractivity contribution in [1.29, 1.82) is 0 Å². The molecule has 8 N–H and O–H groups in total. The molecule has 5 amide bonds. The van der Waals surface area contributed by atoms with E-state index in [1.807, 2.05) is 72.8 Å². The number of thiazole rings is 2. The van der Waals surface area contributed by atoms with Crippen molar-refractivity contribution in [3.05, 3.63) is 132 Å². The molecule has 2 aromatic heterocycles. The first-order chi connectivity index (χ1) is 49.7. The Kier molecular flexibility index (Phi) is 21.9. The zero-order valence-corrected chi connectivity index (χ0v) is 60.7. The van der Waals surface area contributed by atoms with Crippen LogP contribution in [0.15, 0.2) is 121 Å². The highest BCUT2D eigenvalue weighted by atomic mass is 32.2. The number of alkyl halides is 6. The summed E-state index contributed by atoms with van der Waals surface area (Å²) in [5.41, 5.74) is -2.42. The van der Waals surface area contributed by atoms with E-state index in [-0.39, 0.29) is 44.7 Å². The summed E-state index contributed by atoms with van der Waals surface area (Å²) in [6.07, 6.45) is 6.80. The molecule has 6 heterocycles. The molecule has 564 valence electrons. The Morgan fingerprint density at radius 1 is 0.590 bits per heavy atom. The van der Waals surface area contributed by atoms with Gasteiger partial charge in [0, 0.05) is 36.1 Å². The number of rotatable bonds is 13. The first-order valence-corrected chi connectivity index (χ1v) is 39.7. The molecule has 33 heteroatoms. The monoisotopic (exact) mass is 1540 g/mol. The van der Waals surface area contributed by atoms with E-state index >= 15 is 0 Å². The van der Waals surface area contributed by atoms with E-state index in [0.29, 0.717) is 66.7 Å². The second-order valence-corrected chi connectivity index (χ2v) is 35.0. The summed E-state index contributed by atoms with van der Waals surface area (Å²) in [6, 6.07) is 20.1. The Morgan fingerprint density at radius 2 is 1.00 bits per heavy atom.